The van der Waals surface area contributed by atoms with Crippen LogP contribution in [0.3, 0.4) is 0 Å². The van der Waals surface area contributed by atoms with Crippen LogP contribution in [-0.4, -0.2) is 24.3 Å². The first-order chi connectivity index (χ1) is 9.09. The third-order valence-corrected chi connectivity index (χ3v) is 3.41. The lowest BCUT2D eigenvalue weighted by Crippen LogP contribution is -2.41. The summed E-state index contributed by atoms with van der Waals surface area (Å²) in [5.74, 6) is -0.687. The maximum Gasteiger partial charge on any atom is 0.286 e. The molecule has 2 N–H and O–H groups in total. The van der Waals surface area contributed by atoms with Crippen molar-refractivity contribution in [2.24, 2.45) is 0 Å². The molecule has 8 heteroatoms. The zero-order valence-corrected chi connectivity index (χ0v) is 10.5. The number of carbonyl (C=O) groups is 1. The van der Waals surface area contributed by atoms with Crippen LogP contribution in [0.25, 0.3) is 0 Å². The van der Waals surface area contributed by atoms with Crippen molar-refractivity contribution >= 4 is 15.9 Å². The predicted molar refractivity (Wildman–Crippen MR) is 66.3 cm³/mol. The quantitative estimate of drug-likeness (QED) is 0.772. The first-order valence-electron chi connectivity index (χ1n) is 5.23. The Morgan fingerprint density at radius 3 is 2.47 bits per heavy atom. The van der Waals surface area contributed by atoms with Gasteiger partial charge in [0, 0.05) is 12.4 Å². The molecule has 0 bridgehead atoms. The molecule has 0 saturated heterocycles. The van der Waals surface area contributed by atoms with E-state index in [1.165, 1.54) is 30.7 Å². The van der Waals surface area contributed by atoms with Gasteiger partial charge in [-0.2, -0.15) is 0 Å². The SMILES string of the molecule is O=C(NNS(=O)(=O)c1ccccc1)c1cnccn1. The van der Waals surface area contributed by atoms with Gasteiger partial charge in [0.1, 0.15) is 5.69 Å². The average Bonchev–Trinajstić information content (AvgIpc) is 2.47. The monoisotopic (exact) mass is 278 g/mol. The highest BCUT2D eigenvalue weighted by Crippen LogP contribution is 2.05. The van der Waals surface area contributed by atoms with Crippen molar-refractivity contribution in [2.45, 2.75) is 4.90 Å². The Morgan fingerprint density at radius 2 is 1.84 bits per heavy atom. The van der Waals surface area contributed by atoms with E-state index in [1.807, 2.05) is 4.83 Å². The number of hydrogen-bond donors (Lipinski definition) is 2. The summed E-state index contributed by atoms with van der Waals surface area (Å²) in [5, 5.41) is 0. The fraction of sp³-hybridized carbons (Fsp3) is 0. The molecule has 2 rings (SSSR count). The summed E-state index contributed by atoms with van der Waals surface area (Å²) in [5.41, 5.74) is 2.07. The first kappa shape index (κ1) is 13.1. The highest BCUT2D eigenvalue weighted by Gasteiger charge is 2.15. The van der Waals surface area contributed by atoms with Gasteiger partial charge in [-0.25, -0.2) is 13.4 Å². The number of sulfonamides is 1. The Morgan fingerprint density at radius 1 is 1.11 bits per heavy atom. The Balaban J connectivity index is 2.05. The average molecular weight is 278 g/mol. The second-order valence-corrected chi connectivity index (χ2v) is 5.15. The number of nitrogens with one attached hydrogen (secondary N) is 2. The molecule has 0 spiro atoms. The fourth-order valence-corrected chi connectivity index (χ4v) is 2.11. The van der Waals surface area contributed by atoms with Crippen molar-refractivity contribution in [3.63, 3.8) is 0 Å². The zero-order valence-electron chi connectivity index (χ0n) is 9.65. The highest BCUT2D eigenvalue weighted by atomic mass is 32.2. The van der Waals surface area contributed by atoms with Crippen LogP contribution >= 0.6 is 0 Å². The van der Waals surface area contributed by atoms with E-state index in [-0.39, 0.29) is 10.6 Å². The van der Waals surface area contributed by atoms with Gasteiger partial charge >= 0.3 is 0 Å². The van der Waals surface area contributed by atoms with E-state index in [0.29, 0.717) is 0 Å². The summed E-state index contributed by atoms with van der Waals surface area (Å²) in [4.78, 5) is 21.1. The molecular weight excluding hydrogens is 268 g/mol. The summed E-state index contributed by atoms with van der Waals surface area (Å²) in [7, 11) is -3.79. The highest BCUT2D eigenvalue weighted by molar-refractivity contribution is 7.89. The van der Waals surface area contributed by atoms with Gasteiger partial charge in [0.15, 0.2) is 0 Å². The molecule has 19 heavy (non-hydrogen) atoms. The van der Waals surface area contributed by atoms with Gasteiger partial charge in [-0.3, -0.25) is 15.2 Å². The van der Waals surface area contributed by atoms with E-state index in [2.05, 4.69) is 15.4 Å². The molecule has 1 heterocycles. The third kappa shape index (κ3) is 3.33. The molecule has 0 aliphatic heterocycles. The van der Waals surface area contributed by atoms with Crippen molar-refractivity contribution in [2.75, 3.05) is 0 Å². The molecule has 0 saturated carbocycles. The van der Waals surface area contributed by atoms with Gasteiger partial charge in [-0.05, 0) is 12.1 Å². The molecule has 0 unspecified atom stereocenters. The molecule has 0 fully saturated rings. The number of aromatic nitrogens is 2. The molecule has 0 aliphatic carbocycles. The second kappa shape index (κ2) is 5.55. The van der Waals surface area contributed by atoms with Gasteiger partial charge in [-0.1, -0.05) is 18.2 Å². The van der Waals surface area contributed by atoms with E-state index in [4.69, 9.17) is 0 Å². The standard InChI is InChI=1S/C11H10N4O3S/c16-11(10-8-12-6-7-13-10)14-15-19(17,18)9-4-2-1-3-5-9/h1-8,15H,(H,14,16). The fourth-order valence-electron chi connectivity index (χ4n) is 1.25. The van der Waals surface area contributed by atoms with E-state index in [1.54, 1.807) is 18.2 Å². The van der Waals surface area contributed by atoms with Crippen molar-refractivity contribution in [1.82, 2.24) is 20.2 Å². The molecule has 7 nitrogen and oxygen atoms in total. The van der Waals surface area contributed by atoms with Crippen LogP contribution in [0.4, 0.5) is 0 Å². The van der Waals surface area contributed by atoms with Crippen molar-refractivity contribution < 1.29 is 13.2 Å². The lowest BCUT2D eigenvalue weighted by atomic mass is 10.4. The van der Waals surface area contributed by atoms with Gasteiger partial charge in [-0.15, -0.1) is 4.83 Å². The molecular formula is C11H10N4O3S. The topological polar surface area (TPSA) is 101 Å². The van der Waals surface area contributed by atoms with Crippen LogP contribution in [0.2, 0.25) is 0 Å². The van der Waals surface area contributed by atoms with Crippen molar-refractivity contribution in [3.05, 3.63) is 54.6 Å². The Labute approximate surface area is 109 Å². The Bertz CT molecular complexity index is 659. The summed E-state index contributed by atoms with van der Waals surface area (Å²) in [6.45, 7) is 0. The normalized spacial score (nSPS) is 10.9. The molecule has 2 aromatic rings. The smallest absolute Gasteiger partial charge is 0.272 e. The number of carbonyl (C=O) groups excluding carboxylic acids is 1. The minimum absolute atomic E-state index is 0.0123. The molecule has 1 amide bonds. The number of hydrogen-bond acceptors (Lipinski definition) is 5. The second-order valence-electron chi connectivity index (χ2n) is 3.46. The number of amides is 1. The van der Waals surface area contributed by atoms with E-state index >= 15 is 0 Å². The molecule has 98 valence electrons. The zero-order chi connectivity index (χ0) is 13.7. The minimum atomic E-state index is -3.79. The van der Waals surface area contributed by atoms with Crippen LogP contribution in [-0.2, 0) is 10.0 Å². The van der Waals surface area contributed by atoms with Gasteiger partial charge in [0.05, 0.1) is 11.1 Å². The Kier molecular flexibility index (Phi) is 3.83. The van der Waals surface area contributed by atoms with Gasteiger partial charge in [0.25, 0.3) is 15.9 Å². The van der Waals surface area contributed by atoms with E-state index in [9.17, 15) is 13.2 Å². The summed E-state index contributed by atoms with van der Waals surface area (Å²) >= 11 is 0. The lowest BCUT2D eigenvalue weighted by molar-refractivity contribution is 0.0939. The van der Waals surface area contributed by atoms with E-state index < -0.39 is 15.9 Å². The molecule has 1 aromatic heterocycles. The number of hydrazine groups is 1. The molecule has 0 aliphatic rings. The number of benzene rings is 1. The van der Waals surface area contributed by atoms with Crippen LogP contribution in [0.5, 0.6) is 0 Å². The van der Waals surface area contributed by atoms with Crippen LogP contribution in [0.15, 0.2) is 53.8 Å². The maximum absolute atomic E-state index is 11.8. The summed E-state index contributed by atoms with van der Waals surface area (Å²) < 4.78 is 23.6. The maximum atomic E-state index is 11.8. The van der Waals surface area contributed by atoms with Crippen LogP contribution < -0.4 is 10.3 Å². The molecule has 0 atom stereocenters. The summed E-state index contributed by atoms with van der Waals surface area (Å²) in [6.07, 6.45) is 3.97. The van der Waals surface area contributed by atoms with Crippen molar-refractivity contribution in [3.8, 4) is 0 Å². The van der Waals surface area contributed by atoms with Gasteiger partial charge in [0.2, 0.25) is 0 Å². The van der Waals surface area contributed by atoms with Crippen molar-refractivity contribution in [1.29, 1.82) is 0 Å². The number of nitrogens with zero attached hydrogens (tertiary/aromatic N) is 2. The van der Waals surface area contributed by atoms with Crippen LogP contribution in [0.1, 0.15) is 10.5 Å². The largest absolute Gasteiger partial charge is 0.286 e. The third-order valence-electron chi connectivity index (χ3n) is 2.15. The number of rotatable bonds is 4. The van der Waals surface area contributed by atoms with E-state index in [0.717, 1.165) is 0 Å². The lowest BCUT2D eigenvalue weighted by Gasteiger charge is -2.07. The predicted octanol–water partition coefficient (Wildman–Crippen LogP) is 0.0999. The van der Waals surface area contributed by atoms with Crippen LogP contribution in [0, 0.1) is 0 Å². The first-order valence-corrected chi connectivity index (χ1v) is 6.71. The van der Waals surface area contributed by atoms with Gasteiger partial charge < -0.3 is 0 Å². The Hall–Kier alpha value is -2.32. The molecule has 0 radical (unpaired) electrons. The molecule has 1 aromatic carbocycles. The minimum Gasteiger partial charge on any atom is -0.272 e. The summed E-state index contributed by atoms with van der Waals surface area (Å²) in [6, 6.07) is 7.68.